The molecule has 146 valence electrons. The lowest BCUT2D eigenvalue weighted by molar-refractivity contribution is 0.102. The van der Waals surface area contributed by atoms with Gasteiger partial charge in [0.15, 0.2) is 0 Å². The molecule has 0 bridgehead atoms. The van der Waals surface area contributed by atoms with E-state index in [1.54, 1.807) is 18.2 Å². The maximum atomic E-state index is 12.4. The van der Waals surface area contributed by atoms with Crippen molar-refractivity contribution in [2.45, 2.75) is 18.2 Å². The number of aromatic nitrogens is 2. The zero-order valence-corrected chi connectivity index (χ0v) is 17.6. The molecule has 3 aromatic rings. The number of carbonyl (C=O) groups excluding carboxylic acids is 1. The maximum absolute atomic E-state index is 12.4. The lowest BCUT2D eigenvalue weighted by Gasteiger charge is -2.09. The topological polar surface area (TPSA) is 101 Å². The van der Waals surface area contributed by atoms with E-state index in [1.807, 2.05) is 6.92 Å². The first-order chi connectivity index (χ1) is 13.3. The van der Waals surface area contributed by atoms with Crippen LogP contribution in [0.15, 0.2) is 47.4 Å². The number of benzene rings is 2. The number of anilines is 2. The van der Waals surface area contributed by atoms with E-state index in [1.165, 1.54) is 35.6 Å². The number of carbonyl (C=O) groups is 1. The molecule has 2 aromatic carbocycles. The third-order valence-corrected chi connectivity index (χ3v) is 6.70. The van der Waals surface area contributed by atoms with Gasteiger partial charge in [-0.25, -0.2) is 8.42 Å². The molecule has 0 saturated carbocycles. The van der Waals surface area contributed by atoms with Crippen LogP contribution in [0, 0.1) is 0 Å². The molecular formula is C17H14Cl2N4O3S2. The van der Waals surface area contributed by atoms with Crippen LogP contribution < -0.4 is 10.0 Å². The van der Waals surface area contributed by atoms with Crippen molar-refractivity contribution in [3.05, 3.63) is 63.1 Å². The van der Waals surface area contributed by atoms with Gasteiger partial charge >= 0.3 is 0 Å². The molecule has 28 heavy (non-hydrogen) atoms. The standard InChI is InChI=1S/C17H14Cl2N4O3S2/c1-2-14-21-22-17(27-14)23-28(25,26)11-8-6-10(7-9-11)20-16(24)15-12(18)4-3-5-13(15)19/h3-9H,2H2,1H3,(H,20,24)(H,22,23). The maximum Gasteiger partial charge on any atom is 0.263 e. The highest BCUT2D eigenvalue weighted by atomic mass is 35.5. The number of rotatable bonds is 6. The lowest BCUT2D eigenvalue weighted by atomic mass is 10.2. The van der Waals surface area contributed by atoms with Crippen LogP contribution >= 0.6 is 34.5 Å². The van der Waals surface area contributed by atoms with Crippen molar-refractivity contribution in [2.24, 2.45) is 0 Å². The van der Waals surface area contributed by atoms with Crippen LogP contribution in [0.1, 0.15) is 22.3 Å². The molecule has 0 aliphatic heterocycles. The molecule has 0 spiro atoms. The van der Waals surface area contributed by atoms with Crippen molar-refractivity contribution in [1.82, 2.24) is 10.2 Å². The van der Waals surface area contributed by atoms with Gasteiger partial charge in [-0.3, -0.25) is 9.52 Å². The summed E-state index contributed by atoms with van der Waals surface area (Å²) >= 11 is 13.2. The molecule has 2 N–H and O–H groups in total. The fourth-order valence-electron chi connectivity index (χ4n) is 2.24. The summed E-state index contributed by atoms with van der Waals surface area (Å²) in [6.07, 6.45) is 0.670. The summed E-state index contributed by atoms with van der Waals surface area (Å²) in [5, 5.41) is 11.7. The van der Waals surface area contributed by atoms with Crippen molar-refractivity contribution in [3.8, 4) is 0 Å². The van der Waals surface area contributed by atoms with Crippen molar-refractivity contribution in [3.63, 3.8) is 0 Å². The minimum atomic E-state index is -3.82. The van der Waals surface area contributed by atoms with E-state index in [9.17, 15) is 13.2 Å². The molecule has 1 aromatic heterocycles. The third kappa shape index (κ3) is 4.61. The van der Waals surface area contributed by atoms with Gasteiger partial charge in [-0.15, -0.1) is 10.2 Å². The first-order valence-electron chi connectivity index (χ1n) is 8.01. The Bertz CT molecular complexity index is 1100. The lowest BCUT2D eigenvalue weighted by Crippen LogP contribution is -2.14. The minimum Gasteiger partial charge on any atom is -0.322 e. The summed E-state index contributed by atoms with van der Waals surface area (Å²) in [5.74, 6) is -0.495. The number of nitrogens with zero attached hydrogens (tertiary/aromatic N) is 2. The molecular weight excluding hydrogens is 443 g/mol. The molecule has 1 heterocycles. The normalized spacial score (nSPS) is 11.2. The van der Waals surface area contributed by atoms with Crippen LogP contribution in [0.5, 0.6) is 0 Å². The van der Waals surface area contributed by atoms with Gasteiger partial charge in [0, 0.05) is 5.69 Å². The van der Waals surface area contributed by atoms with Gasteiger partial charge in [-0.1, -0.05) is 47.5 Å². The van der Waals surface area contributed by atoms with Crippen molar-refractivity contribution >= 4 is 61.3 Å². The highest BCUT2D eigenvalue weighted by molar-refractivity contribution is 7.93. The van der Waals surface area contributed by atoms with Gasteiger partial charge < -0.3 is 5.32 Å². The predicted molar refractivity (Wildman–Crippen MR) is 111 cm³/mol. The number of sulfonamides is 1. The Morgan fingerprint density at radius 3 is 2.29 bits per heavy atom. The number of nitrogens with one attached hydrogen (secondary N) is 2. The summed E-state index contributed by atoms with van der Waals surface area (Å²) in [4.78, 5) is 12.4. The van der Waals surface area contributed by atoms with Crippen LogP contribution in [0.2, 0.25) is 10.0 Å². The van der Waals surface area contributed by atoms with E-state index in [-0.39, 0.29) is 25.6 Å². The largest absolute Gasteiger partial charge is 0.322 e. The second-order valence-corrected chi connectivity index (χ2v) is 9.09. The summed E-state index contributed by atoms with van der Waals surface area (Å²) in [6.45, 7) is 1.90. The molecule has 0 fully saturated rings. The highest BCUT2D eigenvalue weighted by Gasteiger charge is 2.18. The second kappa shape index (κ2) is 8.44. The summed E-state index contributed by atoms with van der Waals surface area (Å²) in [7, 11) is -3.82. The quantitative estimate of drug-likeness (QED) is 0.569. The van der Waals surface area contributed by atoms with Gasteiger partial charge in [0.05, 0.1) is 20.5 Å². The predicted octanol–water partition coefficient (Wildman–Crippen LogP) is 4.46. The van der Waals surface area contributed by atoms with Crippen LogP contribution in [-0.2, 0) is 16.4 Å². The van der Waals surface area contributed by atoms with E-state index < -0.39 is 15.9 Å². The monoisotopic (exact) mass is 456 g/mol. The molecule has 0 saturated heterocycles. The SMILES string of the molecule is CCc1nnc(NS(=O)(=O)c2ccc(NC(=O)c3c(Cl)cccc3Cl)cc2)s1. The Morgan fingerprint density at radius 1 is 1.07 bits per heavy atom. The number of hydrogen-bond donors (Lipinski definition) is 2. The smallest absolute Gasteiger partial charge is 0.263 e. The van der Waals surface area contributed by atoms with Crippen LogP contribution in [-0.4, -0.2) is 24.5 Å². The fourth-order valence-corrected chi connectivity index (χ4v) is 4.72. The first-order valence-corrected chi connectivity index (χ1v) is 11.1. The van der Waals surface area contributed by atoms with Gasteiger partial charge in [0.2, 0.25) is 5.13 Å². The van der Waals surface area contributed by atoms with E-state index in [4.69, 9.17) is 23.2 Å². The molecule has 1 amide bonds. The third-order valence-electron chi connectivity index (χ3n) is 3.60. The summed E-state index contributed by atoms with van der Waals surface area (Å²) in [5.41, 5.74) is 0.538. The molecule has 7 nitrogen and oxygen atoms in total. The molecule has 0 radical (unpaired) electrons. The van der Waals surface area contributed by atoms with Crippen LogP contribution in [0.4, 0.5) is 10.8 Å². The molecule has 11 heteroatoms. The van der Waals surface area contributed by atoms with E-state index in [0.717, 1.165) is 5.01 Å². The van der Waals surface area contributed by atoms with E-state index in [2.05, 4.69) is 20.2 Å². The molecule has 0 unspecified atom stereocenters. The molecule has 0 aliphatic rings. The summed E-state index contributed by atoms with van der Waals surface area (Å²) in [6, 6.07) is 10.4. The Kier molecular flexibility index (Phi) is 6.19. The van der Waals surface area contributed by atoms with Crippen LogP contribution in [0.3, 0.4) is 0 Å². The zero-order valence-electron chi connectivity index (χ0n) is 14.4. The van der Waals surface area contributed by atoms with Crippen molar-refractivity contribution < 1.29 is 13.2 Å². The van der Waals surface area contributed by atoms with E-state index >= 15 is 0 Å². The van der Waals surface area contributed by atoms with Crippen molar-refractivity contribution in [2.75, 3.05) is 10.0 Å². The molecule has 0 aliphatic carbocycles. The Hall–Kier alpha value is -2.20. The van der Waals surface area contributed by atoms with E-state index in [0.29, 0.717) is 12.1 Å². The van der Waals surface area contributed by atoms with Crippen molar-refractivity contribution in [1.29, 1.82) is 0 Å². The average Bonchev–Trinajstić information content (AvgIpc) is 3.09. The number of amides is 1. The molecule has 0 atom stereocenters. The average molecular weight is 457 g/mol. The van der Waals surface area contributed by atoms with Gasteiger partial charge in [0.25, 0.3) is 15.9 Å². The minimum absolute atomic E-state index is 0.0227. The number of hydrogen-bond acceptors (Lipinski definition) is 6. The highest BCUT2D eigenvalue weighted by Crippen LogP contribution is 2.26. The van der Waals surface area contributed by atoms with Gasteiger partial charge in [0.1, 0.15) is 5.01 Å². The van der Waals surface area contributed by atoms with Gasteiger partial charge in [-0.2, -0.15) is 0 Å². The van der Waals surface area contributed by atoms with Gasteiger partial charge in [-0.05, 0) is 42.8 Å². The number of halogens is 2. The number of aryl methyl sites for hydroxylation is 1. The second-order valence-electron chi connectivity index (χ2n) is 5.54. The summed E-state index contributed by atoms with van der Waals surface area (Å²) < 4.78 is 27.3. The first kappa shape index (κ1) is 20.5. The molecule has 3 rings (SSSR count). The fraction of sp³-hybridized carbons (Fsp3) is 0.118. The Balaban J connectivity index is 1.74. The zero-order chi connectivity index (χ0) is 20.3. The Labute approximate surface area is 175 Å². The van der Waals surface area contributed by atoms with Crippen LogP contribution in [0.25, 0.3) is 0 Å². The Morgan fingerprint density at radius 2 is 1.71 bits per heavy atom.